The molecule has 0 aliphatic carbocycles. The summed E-state index contributed by atoms with van der Waals surface area (Å²) in [5, 5.41) is 0. The summed E-state index contributed by atoms with van der Waals surface area (Å²) in [4.78, 5) is 13.9. The lowest BCUT2D eigenvalue weighted by molar-refractivity contribution is 0.161. The third kappa shape index (κ3) is 1.77. The maximum absolute atomic E-state index is 12.1. The number of fused-ring (bicyclic) bond motifs is 1. The molecule has 1 amide bonds. The van der Waals surface area contributed by atoms with E-state index in [1.807, 2.05) is 41.3 Å². The van der Waals surface area contributed by atoms with Crippen molar-refractivity contribution in [2.75, 3.05) is 13.2 Å². The minimum absolute atomic E-state index is 0.235. The van der Waals surface area contributed by atoms with Crippen LogP contribution < -0.4 is 0 Å². The first-order valence-corrected chi connectivity index (χ1v) is 7.07. The van der Waals surface area contributed by atoms with Gasteiger partial charge in [0.1, 0.15) is 12.1 Å². The lowest BCUT2D eigenvalue weighted by Gasteiger charge is -2.27. The average molecular weight is 277 g/mol. The van der Waals surface area contributed by atoms with Crippen LogP contribution in [0.4, 0.5) is 4.79 Å². The lowest BCUT2D eigenvalue weighted by atomic mass is 9.90. The van der Waals surface area contributed by atoms with Crippen LogP contribution >= 0.6 is 0 Å². The Morgan fingerprint density at radius 2 is 1.62 bits per heavy atom. The van der Waals surface area contributed by atoms with E-state index in [2.05, 4.69) is 30.3 Å². The maximum atomic E-state index is 12.1. The zero-order valence-corrected chi connectivity index (χ0v) is 11.5. The molecule has 21 heavy (non-hydrogen) atoms. The van der Waals surface area contributed by atoms with E-state index in [0.717, 1.165) is 11.1 Å². The minimum Gasteiger partial charge on any atom is -0.446 e. The van der Waals surface area contributed by atoms with Crippen molar-refractivity contribution in [3.05, 3.63) is 77.9 Å². The van der Waals surface area contributed by atoms with E-state index in [1.54, 1.807) is 0 Å². The van der Waals surface area contributed by atoms with E-state index in [1.165, 1.54) is 5.57 Å². The summed E-state index contributed by atoms with van der Waals surface area (Å²) in [7, 11) is 0. The first-order valence-electron chi connectivity index (χ1n) is 7.07. The van der Waals surface area contributed by atoms with Gasteiger partial charge in [0.2, 0.25) is 0 Å². The second-order valence-corrected chi connectivity index (χ2v) is 5.47. The Morgan fingerprint density at radius 3 is 2.33 bits per heavy atom. The smallest absolute Gasteiger partial charge is 0.411 e. The molecule has 0 spiro atoms. The highest BCUT2D eigenvalue weighted by atomic mass is 16.6. The van der Waals surface area contributed by atoms with Crippen LogP contribution in [0.1, 0.15) is 11.1 Å². The third-order valence-electron chi connectivity index (χ3n) is 4.28. The third-order valence-corrected chi connectivity index (χ3v) is 4.28. The molecule has 0 radical (unpaired) electrons. The van der Waals surface area contributed by atoms with E-state index in [-0.39, 0.29) is 6.09 Å². The number of benzene rings is 2. The number of rotatable bonds is 2. The van der Waals surface area contributed by atoms with Crippen LogP contribution in [0.25, 0.3) is 5.57 Å². The summed E-state index contributed by atoms with van der Waals surface area (Å²) in [6.07, 6.45) is 1.95. The molecule has 2 heterocycles. The van der Waals surface area contributed by atoms with Crippen molar-refractivity contribution >= 4 is 11.7 Å². The number of ether oxygens (including phenoxy) is 1. The molecule has 0 N–H and O–H groups in total. The van der Waals surface area contributed by atoms with Gasteiger partial charge < -0.3 is 4.74 Å². The summed E-state index contributed by atoms with van der Waals surface area (Å²) in [6, 6.07) is 20.3. The van der Waals surface area contributed by atoms with Crippen LogP contribution in [0.3, 0.4) is 0 Å². The molecule has 2 aliphatic rings. The molecule has 2 aromatic rings. The van der Waals surface area contributed by atoms with Gasteiger partial charge in [-0.1, -0.05) is 60.7 Å². The van der Waals surface area contributed by atoms with Crippen LogP contribution in [0.5, 0.6) is 0 Å². The van der Waals surface area contributed by atoms with Gasteiger partial charge in [-0.15, -0.1) is 0 Å². The molecule has 1 fully saturated rings. The number of carbonyl (C=O) groups excluding carboxylic acids is 1. The molecule has 2 aromatic carbocycles. The molecule has 104 valence electrons. The highest BCUT2D eigenvalue weighted by Gasteiger charge is 2.51. The van der Waals surface area contributed by atoms with Gasteiger partial charge in [-0.05, 0) is 22.8 Å². The molecule has 4 rings (SSSR count). The first kappa shape index (κ1) is 12.2. The van der Waals surface area contributed by atoms with Crippen molar-refractivity contribution in [3.8, 4) is 0 Å². The number of nitrogens with zero attached hydrogens (tertiary/aromatic N) is 1. The Morgan fingerprint density at radius 1 is 0.952 bits per heavy atom. The zero-order chi connectivity index (χ0) is 14.3. The second-order valence-electron chi connectivity index (χ2n) is 5.47. The van der Waals surface area contributed by atoms with Crippen LogP contribution in [0.2, 0.25) is 0 Å². The second kappa shape index (κ2) is 4.48. The summed E-state index contributed by atoms with van der Waals surface area (Å²) in [6.45, 7) is 0.976. The first-order chi connectivity index (χ1) is 10.3. The van der Waals surface area contributed by atoms with Gasteiger partial charge in [0.05, 0.1) is 6.54 Å². The van der Waals surface area contributed by atoms with Gasteiger partial charge in [-0.3, -0.25) is 4.90 Å². The molecular formula is C18H15NO2. The molecule has 0 saturated carbocycles. The molecule has 3 nitrogen and oxygen atoms in total. The summed E-state index contributed by atoms with van der Waals surface area (Å²) in [5.41, 5.74) is 2.98. The van der Waals surface area contributed by atoms with Gasteiger partial charge in [-0.2, -0.15) is 0 Å². The van der Waals surface area contributed by atoms with Gasteiger partial charge in [-0.25, -0.2) is 4.79 Å². The Bertz CT molecular complexity index is 709. The Hall–Kier alpha value is -2.55. The zero-order valence-electron chi connectivity index (χ0n) is 11.5. The Balaban J connectivity index is 1.83. The predicted octanol–water partition coefficient (Wildman–Crippen LogP) is 3.43. The van der Waals surface area contributed by atoms with Gasteiger partial charge in [0.25, 0.3) is 0 Å². The van der Waals surface area contributed by atoms with E-state index < -0.39 is 5.54 Å². The van der Waals surface area contributed by atoms with Crippen molar-refractivity contribution in [1.29, 1.82) is 0 Å². The van der Waals surface area contributed by atoms with E-state index in [4.69, 9.17) is 4.74 Å². The average Bonchev–Trinajstić information content (AvgIpc) is 3.08. The largest absolute Gasteiger partial charge is 0.446 e. The maximum Gasteiger partial charge on any atom is 0.411 e. The van der Waals surface area contributed by atoms with Gasteiger partial charge >= 0.3 is 6.09 Å². The summed E-state index contributed by atoms with van der Waals surface area (Å²) < 4.78 is 5.30. The van der Waals surface area contributed by atoms with Crippen molar-refractivity contribution < 1.29 is 9.53 Å². The fourth-order valence-corrected chi connectivity index (χ4v) is 3.20. The SMILES string of the molecule is O=C1OC[C@@]2(c3ccccc3)C=C(c3ccccc3)CN12. The standard InChI is InChI=1S/C18H15NO2/c20-17-19-12-15(14-7-3-1-4-8-14)11-18(19,13-21-17)16-9-5-2-6-10-16/h1-11H,12-13H2/t18-/m1/s1. The highest BCUT2D eigenvalue weighted by Crippen LogP contribution is 2.44. The molecule has 0 unspecified atom stereocenters. The lowest BCUT2D eigenvalue weighted by Crippen LogP contribution is -2.39. The molecule has 0 bridgehead atoms. The quantitative estimate of drug-likeness (QED) is 0.841. The Kier molecular flexibility index (Phi) is 2.61. The number of cyclic esters (lactones) is 1. The fraction of sp³-hybridized carbons (Fsp3) is 0.167. The van der Waals surface area contributed by atoms with E-state index in [9.17, 15) is 4.79 Å². The van der Waals surface area contributed by atoms with Crippen LogP contribution in [0.15, 0.2) is 66.7 Å². The Labute approximate surface area is 123 Å². The topological polar surface area (TPSA) is 29.5 Å². The molecular weight excluding hydrogens is 262 g/mol. The van der Waals surface area contributed by atoms with Crippen molar-refractivity contribution in [2.24, 2.45) is 0 Å². The van der Waals surface area contributed by atoms with Crippen molar-refractivity contribution in [3.63, 3.8) is 0 Å². The number of amides is 1. The molecule has 1 atom stereocenters. The van der Waals surface area contributed by atoms with Crippen molar-refractivity contribution in [2.45, 2.75) is 5.54 Å². The van der Waals surface area contributed by atoms with Gasteiger partial charge in [0.15, 0.2) is 0 Å². The van der Waals surface area contributed by atoms with E-state index >= 15 is 0 Å². The normalized spacial score (nSPS) is 23.7. The van der Waals surface area contributed by atoms with Gasteiger partial charge in [0, 0.05) is 0 Å². The number of hydrogen-bond acceptors (Lipinski definition) is 2. The molecule has 0 aromatic heterocycles. The minimum atomic E-state index is -0.455. The number of hydrogen-bond donors (Lipinski definition) is 0. The number of carbonyl (C=O) groups is 1. The van der Waals surface area contributed by atoms with E-state index in [0.29, 0.717) is 13.2 Å². The van der Waals surface area contributed by atoms with Crippen LogP contribution in [-0.2, 0) is 10.3 Å². The fourth-order valence-electron chi connectivity index (χ4n) is 3.20. The van der Waals surface area contributed by atoms with Crippen LogP contribution in [-0.4, -0.2) is 24.1 Å². The monoisotopic (exact) mass is 277 g/mol. The molecule has 2 aliphatic heterocycles. The predicted molar refractivity (Wildman–Crippen MR) is 80.6 cm³/mol. The summed E-state index contributed by atoms with van der Waals surface area (Å²) in [5.74, 6) is 0. The van der Waals surface area contributed by atoms with Crippen molar-refractivity contribution in [1.82, 2.24) is 4.90 Å². The van der Waals surface area contributed by atoms with Crippen LogP contribution in [0, 0.1) is 0 Å². The summed E-state index contributed by atoms with van der Waals surface area (Å²) >= 11 is 0. The molecule has 3 heteroatoms. The molecule has 1 saturated heterocycles. The highest BCUT2D eigenvalue weighted by molar-refractivity contribution is 5.82.